The summed E-state index contributed by atoms with van der Waals surface area (Å²) in [6.07, 6.45) is -27.9. The number of aliphatic carboxylic acids is 1. The zero-order valence-electron chi connectivity index (χ0n) is 44.8. The number of rotatable bonds is 11. The van der Waals surface area contributed by atoms with Crippen LogP contribution in [0.3, 0.4) is 0 Å². The molecule has 0 aromatic heterocycles. The molecular weight excluding hydrogens is 1020 g/mol. The molecule has 4 saturated carbocycles. The summed E-state index contributed by atoms with van der Waals surface area (Å²) >= 11 is 0. The Kier molecular flexibility index (Phi) is 16.4. The Morgan fingerprint density at radius 2 is 1.18 bits per heavy atom. The fourth-order valence-electron chi connectivity index (χ4n) is 16.3. The third-order valence-electron chi connectivity index (χ3n) is 21.1. The van der Waals surface area contributed by atoms with Gasteiger partial charge in [-0.1, -0.05) is 46.3 Å². The van der Waals surface area contributed by atoms with Crippen LogP contribution in [0, 0.1) is 50.2 Å². The maximum Gasteiger partial charge on any atom is 0.315 e. The van der Waals surface area contributed by atoms with Gasteiger partial charge in [-0.25, -0.2) is 0 Å². The van der Waals surface area contributed by atoms with Crippen LogP contribution in [0.5, 0.6) is 0 Å². The fraction of sp³-hybridized carbons (Fsp3) is 0.925. The van der Waals surface area contributed by atoms with E-state index in [1.54, 1.807) is 0 Å². The zero-order chi connectivity index (χ0) is 56.4. The van der Waals surface area contributed by atoms with Gasteiger partial charge in [0.05, 0.1) is 42.9 Å². The quantitative estimate of drug-likeness (QED) is 0.0586. The van der Waals surface area contributed by atoms with Crippen LogP contribution in [0.4, 0.5) is 0 Å². The van der Waals surface area contributed by atoms with Gasteiger partial charge in [0.25, 0.3) is 0 Å². The molecule has 0 unspecified atom stereocenters. The van der Waals surface area contributed by atoms with E-state index in [4.69, 9.17) is 37.9 Å². The van der Waals surface area contributed by atoms with Gasteiger partial charge in [0.1, 0.15) is 85.5 Å². The summed E-state index contributed by atoms with van der Waals surface area (Å²) in [6.45, 7) is 11.8. The average Bonchev–Trinajstić information content (AvgIpc) is 3.55. The Morgan fingerprint density at radius 1 is 0.610 bits per heavy atom. The van der Waals surface area contributed by atoms with E-state index in [2.05, 4.69) is 33.8 Å². The van der Waals surface area contributed by atoms with E-state index in [0.717, 1.165) is 5.57 Å². The molecule has 24 nitrogen and oxygen atoms in total. The SMILES string of the molecule is C[C@@H]1O[C@@H](O[C@H]2[C@H](OC(=O)[C@]34CCC(C)(C)C[C@H]3C3=CC[C@@H]5[C@@]6(C)C[C@H](O)[C@H](O[C@@H]7O[C@H](CO)[C@@H](O)[C@H](O)[C@H]7O)[C@@](C)(C(=O)O)[C@@H]6CC[C@@]5(C)[C@]3(C)CC4)O[C@H](CO)[C@@H](O)[C@@H]2O)[C@H](O)[C@H](O)[C@H]1O[C@@H]1OC[C@@H](O)[C@H](O)[C@H]1O. The molecule has 29 atom stereocenters. The molecule has 9 rings (SSSR count). The van der Waals surface area contributed by atoms with E-state index in [0.29, 0.717) is 51.4 Å². The van der Waals surface area contributed by atoms with Crippen molar-refractivity contribution in [2.75, 3.05) is 19.8 Å². The van der Waals surface area contributed by atoms with Crippen molar-refractivity contribution in [3.63, 3.8) is 0 Å². The molecule has 4 aliphatic heterocycles. The van der Waals surface area contributed by atoms with Crippen molar-refractivity contribution < 1.29 is 119 Å². The van der Waals surface area contributed by atoms with E-state index in [-0.39, 0.29) is 17.8 Å². The highest BCUT2D eigenvalue weighted by Gasteiger charge is 2.73. The predicted molar refractivity (Wildman–Crippen MR) is 259 cm³/mol. The molecule has 0 aromatic carbocycles. The number of carbonyl (C=O) groups excluding carboxylic acids is 1. The molecule has 0 radical (unpaired) electrons. The smallest absolute Gasteiger partial charge is 0.315 e. The summed E-state index contributed by atoms with van der Waals surface area (Å²) in [5.74, 6) is -3.06. The van der Waals surface area contributed by atoms with Crippen molar-refractivity contribution in [2.24, 2.45) is 50.2 Å². The van der Waals surface area contributed by atoms with Crippen LogP contribution in [0.2, 0.25) is 0 Å². The van der Waals surface area contributed by atoms with Gasteiger partial charge < -0.3 is 109 Å². The van der Waals surface area contributed by atoms with Crippen molar-refractivity contribution in [3.05, 3.63) is 11.6 Å². The number of carboxylic acids is 1. The van der Waals surface area contributed by atoms with Crippen molar-refractivity contribution in [2.45, 2.75) is 235 Å². The van der Waals surface area contributed by atoms with Gasteiger partial charge in [-0.15, -0.1) is 0 Å². The highest BCUT2D eigenvalue weighted by atomic mass is 16.8. The number of allylic oxidation sites excluding steroid dienone is 2. The number of fused-ring (bicyclic) bond motifs is 7. The molecule has 4 saturated heterocycles. The normalized spacial score (nSPS) is 54.6. The number of carboxylic acid groups (broad SMARTS) is 1. The van der Waals surface area contributed by atoms with E-state index < -0.39 is 200 Å². The van der Waals surface area contributed by atoms with E-state index in [1.165, 1.54) is 13.8 Å². The fourth-order valence-corrected chi connectivity index (χ4v) is 16.3. The third kappa shape index (κ3) is 9.46. The number of aliphatic hydroxyl groups excluding tert-OH is 13. The summed E-state index contributed by atoms with van der Waals surface area (Å²) in [6, 6.07) is 0. The van der Waals surface area contributed by atoms with Gasteiger partial charge in [-0.3, -0.25) is 9.59 Å². The number of aliphatic hydroxyl groups is 13. The molecule has 77 heavy (non-hydrogen) atoms. The summed E-state index contributed by atoms with van der Waals surface area (Å²) in [4.78, 5) is 29.1. The number of carbonyl (C=O) groups is 2. The number of ether oxygens (including phenoxy) is 8. The van der Waals surface area contributed by atoms with Gasteiger partial charge in [0, 0.05) is 0 Å². The van der Waals surface area contributed by atoms with E-state index >= 15 is 4.79 Å². The Labute approximate surface area is 446 Å². The lowest BCUT2D eigenvalue weighted by Crippen LogP contribution is -2.70. The summed E-state index contributed by atoms with van der Waals surface area (Å²) in [5, 5.41) is 151. The van der Waals surface area contributed by atoms with Gasteiger partial charge >= 0.3 is 11.9 Å². The van der Waals surface area contributed by atoms with E-state index in [9.17, 15) is 76.3 Å². The monoisotopic (exact) mass is 1100 g/mol. The predicted octanol–water partition coefficient (Wildman–Crippen LogP) is -2.33. The first kappa shape index (κ1) is 59.5. The minimum absolute atomic E-state index is 0.111. The summed E-state index contributed by atoms with van der Waals surface area (Å²) in [7, 11) is 0. The van der Waals surface area contributed by atoms with Crippen molar-refractivity contribution in [1.29, 1.82) is 0 Å². The standard InChI is InChI=1S/C53H84O24/c1-21-39(74-42-36(64)30(58)25(57)20-70-42)35(63)38(66)43(71-21)75-40-34(62)32(60)27(19-55)73-45(40)77-47(69)53-14-12-48(2,3)16-23(53)22-8-9-28-49(4)17-24(56)41(76-44-37(65)33(61)31(59)26(18-54)72-44)52(7,46(67)68)29(49)10-11-51(28,6)50(22,5)13-15-53/h8,21,23-45,54-66H,9-20H2,1-7H3,(H,67,68)/t21-,23-,24-,25+,26+,27+,28+,29+,30-,31+,32+,33-,34-,35-,36+,37+,38+,39-,40+,41-,42-,43-,44-,45-,49+,50+,51+,52-,53-/m0/s1. The molecule has 5 aliphatic carbocycles. The minimum Gasteiger partial charge on any atom is -0.481 e. The number of hydrogen-bond donors (Lipinski definition) is 14. The van der Waals surface area contributed by atoms with Crippen molar-refractivity contribution in [1.82, 2.24) is 0 Å². The Balaban J connectivity index is 0.973. The first-order chi connectivity index (χ1) is 36.0. The van der Waals surface area contributed by atoms with Gasteiger partial charge in [0.2, 0.25) is 6.29 Å². The van der Waals surface area contributed by atoms with Crippen LogP contribution in [-0.4, -0.2) is 232 Å². The molecule has 14 N–H and O–H groups in total. The van der Waals surface area contributed by atoms with Crippen LogP contribution < -0.4 is 0 Å². The maximum atomic E-state index is 15.4. The molecule has 9 aliphatic rings. The van der Waals surface area contributed by atoms with Crippen LogP contribution >= 0.6 is 0 Å². The molecule has 0 spiro atoms. The third-order valence-corrected chi connectivity index (χ3v) is 21.1. The van der Waals surface area contributed by atoms with Crippen LogP contribution in [0.25, 0.3) is 0 Å². The van der Waals surface area contributed by atoms with Gasteiger partial charge in [-0.05, 0) is 111 Å². The number of hydrogen-bond acceptors (Lipinski definition) is 23. The van der Waals surface area contributed by atoms with Crippen LogP contribution in [0.15, 0.2) is 11.6 Å². The Bertz CT molecular complexity index is 2180. The minimum atomic E-state index is -1.93. The topological polar surface area (TPSA) is 391 Å². The summed E-state index contributed by atoms with van der Waals surface area (Å²) < 4.78 is 47.2. The molecule has 0 bridgehead atoms. The van der Waals surface area contributed by atoms with Crippen molar-refractivity contribution >= 4 is 11.9 Å². The van der Waals surface area contributed by atoms with E-state index in [1.807, 2.05) is 6.92 Å². The van der Waals surface area contributed by atoms with Crippen LogP contribution in [-0.2, 0) is 47.5 Å². The summed E-state index contributed by atoms with van der Waals surface area (Å²) in [5.41, 5.74) is -3.97. The molecule has 24 heteroatoms. The first-order valence-electron chi connectivity index (χ1n) is 27.4. The van der Waals surface area contributed by atoms with Gasteiger partial charge in [-0.2, -0.15) is 0 Å². The molecular formula is C53H84O24. The highest BCUT2D eigenvalue weighted by molar-refractivity contribution is 5.79. The van der Waals surface area contributed by atoms with Crippen LogP contribution in [0.1, 0.15) is 106 Å². The average molecular weight is 1110 g/mol. The second kappa shape index (κ2) is 21.3. The largest absolute Gasteiger partial charge is 0.481 e. The Hall–Kier alpha value is -2.12. The lowest BCUT2D eigenvalue weighted by atomic mass is 9.33. The zero-order valence-corrected chi connectivity index (χ0v) is 44.8. The number of esters is 1. The van der Waals surface area contributed by atoms with Crippen molar-refractivity contribution in [3.8, 4) is 0 Å². The lowest BCUT2D eigenvalue weighted by molar-refractivity contribution is -0.375. The first-order valence-corrected chi connectivity index (χ1v) is 27.4. The van der Waals surface area contributed by atoms with Gasteiger partial charge in [0.15, 0.2) is 25.0 Å². The molecule has 440 valence electrons. The molecule has 4 heterocycles. The second-order valence-corrected chi connectivity index (χ2v) is 25.7. The Morgan fingerprint density at radius 3 is 1.83 bits per heavy atom. The lowest BCUT2D eigenvalue weighted by Gasteiger charge is -2.71. The highest BCUT2D eigenvalue weighted by Crippen LogP contribution is 2.76. The maximum absolute atomic E-state index is 15.4. The molecule has 8 fully saturated rings. The molecule has 0 amide bonds. The molecule has 0 aromatic rings. The second-order valence-electron chi connectivity index (χ2n) is 25.7.